The number of nitrogens with one attached hydrogen (secondary N) is 1. The number of anilines is 1. The van der Waals surface area contributed by atoms with Crippen LogP contribution in [-0.4, -0.2) is 32.9 Å². The van der Waals surface area contributed by atoms with Crippen molar-refractivity contribution in [1.82, 2.24) is 14.1 Å². The molecule has 160 valence electrons. The second-order valence-corrected chi connectivity index (χ2v) is 7.80. The highest BCUT2D eigenvalue weighted by atomic mass is 32.2. The third-order valence-electron chi connectivity index (χ3n) is 4.92. The number of hydrogen-bond acceptors (Lipinski definition) is 5. The van der Waals surface area contributed by atoms with E-state index in [1.165, 1.54) is 4.57 Å². The molecule has 0 aliphatic carbocycles. The fourth-order valence-electron chi connectivity index (χ4n) is 3.34. The molecule has 31 heavy (non-hydrogen) atoms. The molecule has 0 spiro atoms. The van der Waals surface area contributed by atoms with Crippen LogP contribution in [0.25, 0.3) is 21.9 Å². The van der Waals surface area contributed by atoms with E-state index in [-0.39, 0.29) is 17.0 Å². The minimum atomic E-state index is -0.739. The van der Waals surface area contributed by atoms with Gasteiger partial charge in [0.2, 0.25) is 5.91 Å². The fraction of sp³-hybridized carbons (Fsp3) is 0.190. The number of hydrogen-bond donors (Lipinski definition) is 1. The number of aromatic nitrogens is 3. The van der Waals surface area contributed by atoms with Crippen LogP contribution in [0.15, 0.2) is 46.3 Å². The first-order valence-electron chi connectivity index (χ1n) is 9.21. The summed E-state index contributed by atoms with van der Waals surface area (Å²) in [6.07, 6.45) is 0. The SMILES string of the molecule is COc1ccc2c(c1)c1nc(SCC(=O)Nc3cc(F)ccc3F)n(C)c(=O)c1n2C. The molecule has 2 aromatic carbocycles. The van der Waals surface area contributed by atoms with Gasteiger partial charge in [-0.15, -0.1) is 0 Å². The first kappa shape index (κ1) is 20.9. The smallest absolute Gasteiger partial charge is 0.278 e. The van der Waals surface area contributed by atoms with Crippen molar-refractivity contribution in [3.63, 3.8) is 0 Å². The van der Waals surface area contributed by atoms with E-state index in [1.54, 1.807) is 37.9 Å². The molecule has 0 bridgehead atoms. The Labute approximate surface area is 179 Å². The first-order chi connectivity index (χ1) is 14.8. The van der Waals surface area contributed by atoms with E-state index < -0.39 is 17.5 Å². The van der Waals surface area contributed by atoms with Gasteiger partial charge in [-0.3, -0.25) is 14.2 Å². The molecule has 0 aliphatic rings. The van der Waals surface area contributed by atoms with Gasteiger partial charge in [-0.2, -0.15) is 0 Å². The van der Waals surface area contributed by atoms with Crippen LogP contribution in [0.5, 0.6) is 5.75 Å². The molecule has 7 nitrogen and oxygen atoms in total. The summed E-state index contributed by atoms with van der Waals surface area (Å²) >= 11 is 1.02. The topological polar surface area (TPSA) is 78.2 Å². The second-order valence-electron chi connectivity index (χ2n) is 6.86. The number of aryl methyl sites for hydroxylation is 1. The van der Waals surface area contributed by atoms with E-state index in [0.29, 0.717) is 21.9 Å². The summed E-state index contributed by atoms with van der Waals surface area (Å²) in [6, 6.07) is 8.26. The predicted molar refractivity (Wildman–Crippen MR) is 116 cm³/mol. The van der Waals surface area contributed by atoms with Crippen molar-refractivity contribution in [3.05, 3.63) is 58.4 Å². The van der Waals surface area contributed by atoms with Gasteiger partial charge in [-0.05, 0) is 30.3 Å². The molecule has 1 amide bonds. The minimum absolute atomic E-state index is 0.143. The zero-order valence-electron chi connectivity index (χ0n) is 16.9. The summed E-state index contributed by atoms with van der Waals surface area (Å²) in [7, 11) is 4.91. The van der Waals surface area contributed by atoms with E-state index >= 15 is 0 Å². The van der Waals surface area contributed by atoms with Crippen LogP contribution in [-0.2, 0) is 18.9 Å². The van der Waals surface area contributed by atoms with E-state index in [1.807, 2.05) is 6.07 Å². The standard InChI is InChI=1S/C21H18F2N4O3S/c1-26-16-7-5-12(30-3)9-13(16)18-19(26)20(29)27(2)21(25-18)31-10-17(28)24-15-8-11(22)4-6-14(15)23/h4-9H,10H2,1-3H3,(H,24,28). The van der Waals surface area contributed by atoms with Crippen LogP contribution in [0.3, 0.4) is 0 Å². The van der Waals surface area contributed by atoms with E-state index in [2.05, 4.69) is 10.3 Å². The number of rotatable bonds is 5. The molecular weight excluding hydrogens is 426 g/mol. The van der Waals surface area contributed by atoms with E-state index in [4.69, 9.17) is 4.74 Å². The van der Waals surface area contributed by atoms with Crippen LogP contribution >= 0.6 is 11.8 Å². The van der Waals surface area contributed by atoms with Gasteiger partial charge in [-0.25, -0.2) is 13.8 Å². The lowest BCUT2D eigenvalue weighted by molar-refractivity contribution is -0.113. The van der Waals surface area contributed by atoms with Gasteiger partial charge < -0.3 is 14.6 Å². The van der Waals surface area contributed by atoms with Gasteiger partial charge in [-0.1, -0.05) is 11.8 Å². The highest BCUT2D eigenvalue weighted by Crippen LogP contribution is 2.29. The number of nitrogens with zero attached hydrogens (tertiary/aromatic N) is 3. The van der Waals surface area contributed by atoms with E-state index in [0.717, 1.165) is 40.9 Å². The Kier molecular flexibility index (Phi) is 5.40. The average molecular weight is 444 g/mol. The number of halogens is 2. The Hall–Kier alpha value is -3.40. The number of carbonyl (C=O) groups excluding carboxylic acids is 1. The monoisotopic (exact) mass is 444 g/mol. The van der Waals surface area contributed by atoms with Crippen LogP contribution in [0.1, 0.15) is 0 Å². The lowest BCUT2D eigenvalue weighted by atomic mass is 10.2. The van der Waals surface area contributed by atoms with Gasteiger partial charge in [0.25, 0.3) is 5.56 Å². The Balaban J connectivity index is 1.67. The predicted octanol–water partition coefficient (Wildman–Crippen LogP) is 3.44. The van der Waals surface area contributed by atoms with Crippen molar-refractivity contribution in [2.75, 3.05) is 18.2 Å². The van der Waals surface area contributed by atoms with Gasteiger partial charge in [0.05, 0.1) is 24.1 Å². The number of thioether (sulfide) groups is 1. The molecule has 4 rings (SSSR count). The summed E-state index contributed by atoms with van der Waals surface area (Å²) in [4.78, 5) is 29.8. The molecule has 1 N–H and O–H groups in total. The summed E-state index contributed by atoms with van der Waals surface area (Å²) in [5.41, 5.74) is 1.24. The number of ether oxygens (including phenoxy) is 1. The Bertz CT molecular complexity index is 1400. The maximum atomic E-state index is 13.7. The van der Waals surface area contributed by atoms with Crippen molar-refractivity contribution in [2.24, 2.45) is 14.1 Å². The minimum Gasteiger partial charge on any atom is -0.497 e. The van der Waals surface area contributed by atoms with Gasteiger partial charge in [0.15, 0.2) is 5.16 Å². The van der Waals surface area contributed by atoms with Crippen molar-refractivity contribution in [3.8, 4) is 5.75 Å². The Morgan fingerprint density at radius 1 is 1.16 bits per heavy atom. The van der Waals surface area contributed by atoms with Crippen LogP contribution in [0, 0.1) is 11.6 Å². The molecule has 0 fully saturated rings. The molecule has 10 heteroatoms. The molecule has 0 aliphatic heterocycles. The van der Waals surface area contributed by atoms with Crippen LogP contribution < -0.4 is 15.6 Å². The first-order valence-corrected chi connectivity index (χ1v) is 10.2. The zero-order chi connectivity index (χ0) is 22.3. The second kappa shape index (κ2) is 8.03. The Morgan fingerprint density at radius 2 is 1.94 bits per heavy atom. The van der Waals surface area contributed by atoms with Crippen molar-refractivity contribution < 1.29 is 18.3 Å². The highest BCUT2D eigenvalue weighted by Gasteiger charge is 2.18. The highest BCUT2D eigenvalue weighted by molar-refractivity contribution is 7.99. The summed E-state index contributed by atoms with van der Waals surface area (Å²) < 4.78 is 35.4. The molecule has 0 radical (unpaired) electrons. The zero-order valence-corrected chi connectivity index (χ0v) is 17.7. The largest absolute Gasteiger partial charge is 0.497 e. The maximum absolute atomic E-state index is 13.7. The number of methoxy groups -OCH3 is 1. The number of benzene rings is 2. The van der Waals surface area contributed by atoms with Crippen molar-refractivity contribution in [2.45, 2.75) is 5.16 Å². The summed E-state index contributed by atoms with van der Waals surface area (Å²) in [5.74, 6) is -1.46. The van der Waals surface area contributed by atoms with Crippen molar-refractivity contribution >= 4 is 45.3 Å². The lowest BCUT2D eigenvalue weighted by Gasteiger charge is -2.09. The quantitative estimate of drug-likeness (QED) is 0.377. The van der Waals surface area contributed by atoms with Crippen LogP contribution in [0.4, 0.5) is 14.5 Å². The number of carbonyl (C=O) groups is 1. The molecule has 0 atom stereocenters. The average Bonchev–Trinajstić information content (AvgIpc) is 3.03. The Morgan fingerprint density at radius 3 is 2.68 bits per heavy atom. The molecule has 2 aromatic heterocycles. The van der Waals surface area contributed by atoms with Gasteiger partial charge in [0, 0.05) is 25.5 Å². The molecule has 0 unspecified atom stereocenters. The van der Waals surface area contributed by atoms with E-state index in [9.17, 15) is 18.4 Å². The van der Waals surface area contributed by atoms with Gasteiger partial charge >= 0.3 is 0 Å². The van der Waals surface area contributed by atoms with Crippen LogP contribution in [0.2, 0.25) is 0 Å². The molecule has 0 saturated carbocycles. The summed E-state index contributed by atoms with van der Waals surface area (Å²) in [5, 5.41) is 3.41. The van der Waals surface area contributed by atoms with Gasteiger partial charge in [0.1, 0.15) is 28.4 Å². The number of fused-ring (bicyclic) bond motifs is 3. The third kappa shape index (κ3) is 3.74. The molecule has 0 saturated heterocycles. The summed E-state index contributed by atoms with van der Waals surface area (Å²) in [6.45, 7) is 0. The normalized spacial score (nSPS) is 11.3. The molecule has 4 aromatic rings. The molecular formula is C21H18F2N4O3S. The lowest BCUT2D eigenvalue weighted by Crippen LogP contribution is -2.22. The fourth-order valence-corrected chi connectivity index (χ4v) is 4.11. The number of amides is 1. The molecule has 2 heterocycles. The third-order valence-corrected chi connectivity index (χ3v) is 5.95. The van der Waals surface area contributed by atoms with Crippen molar-refractivity contribution in [1.29, 1.82) is 0 Å². The maximum Gasteiger partial charge on any atom is 0.278 e.